The number of para-hydroxylation sites is 1. The highest BCUT2D eigenvalue weighted by atomic mass is 19.1. The van der Waals surface area contributed by atoms with E-state index in [0.717, 1.165) is 0 Å². The van der Waals surface area contributed by atoms with Gasteiger partial charge in [0.1, 0.15) is 0 Å². The number of carbonyl (C=O) groups excluding carboxylic acids is 1. The van der Waals surface area contributed by atoms with Crippen LogP contribution in [0, 0.1) is 5.82 Å². The molecule has 1 aromatic carbocycles. The zero-order valence-corrected chi connectivity index (χ0v) is 8.20. The zero-order valence-electron chi connectivity index (χ0n) is 8.20. The van der Waals surface area contributed by atoms with E-state index in [0.29, 0.717) is 18.5 Å². The topological polar surface area (TPSA) is 78.3 Å². The molecule has 4 N–H and O–H groups in total. The molecule has 1 amide bonds. The molecular weight excluding hydrogens is 199 g/mol. The molecule has 0 aliphatic heterocycles. The molecule has 0 heterocycles. The van der Waals surface area contributed by atoms with Gasteiger partial charge in [-0.1, -0.05) is 12.1 Å². The van der Waals surface area contributed by atoms with Crippen LogP contribution in [0.3, 0.4) is 0 Å². The summed E-state index contributed by atoms with van der Waals surface area (Å²) in [5.74, 6) is -1.10. The number of primary amides is 1. The van der Waals surface area contributed by atoms with E-state index in [1.54, 1.807) is 12.1 Å². The fraction of sp³-hybridized carbons (Fsp3) is 0.300. The molecule has 0 aliphatic rings. The quantitative estimate of drug-likeness (QED) is 0.731. The fourth-order valence-electron chi connectivity index (χ4n) is 1.21. The van der Waals surface area contributed by atoms with Crippen LogP contribution in [-0.4, -0.2) is 19.1 Å². The van der Waals surface area contributed by atoms with Crippen molar-refractivity contribution in [2.45, 2.75) is 6.42 Å². The highest BCUT2D eigenvalue weighted by molar-refractivity contribution is 5.75. The molecule has 1 rings (SSSR count). The van der Waals surface area contributed by atoms with Gasteiger partial charge in [-0.25, -0.2) is 4.39 Å². The maximum absolute atomic E-state index is 13.3. The van der Waals surface area contributed by atoms with Gasteiger partial charge in [-0.05, 0) is 24.6 Å². The van der Waals surface area contributed by atoms with Crippen LogP contribution in [-0.2, 0) is 11.2 Å². The molecule has 0 unspecified atom stereocenters. The van der Waals surface area contributed by atoms with Gasteiger partial charge >= 0.3 is 0 Å². The maximum Gasteiger partial charge on any atom is 0.255 e. The molecule has 0 radical (unpaired) electrons. The molecule has 4 nitrogen and oxygen atoms in total. The van der Waals surface area contributed by atoms with E-state index in [4.69, 9.17) is 16.2 Å². The molecule has 15 heavy (non-hydrogen) atoms. The first kappa shape index (κ1) is 11.5. The Balaban J connectivity index is 2.86. The minimum atomic E-state index is -0.642. The number of amides is 1. The summed E-state index contributed by atoms with van der Waals surface area (Å²) in [7, 11) is 0. The molecule has 0 aliphatic carbocycles. The first-order valence-corrected chi connectivity index (χ1v) is 4.53. The number of hydrogen-bond acceptors (Lipinski definition) is 3. The predicted octanol–water partition coefficient (Wildman–Crippen LogP) is 0.191. The van der Waals surface area contributed by atoms with Crippen molar-refractivity contribution in [3.05, 3.63) is 29.6 Å². The third kappa shape index (κ3) is 3.21. The number of benzene rings is 1. The van der Waals surface area contributed by atoms with Gasteiger partial charge in [0, 0.05) is 0 Å². The summed E-state index contributed by atoms with van der Waals surface area (Å²) in [5.41, 5.74) is 10.9. The van der Waals surface area contributed by atoms with Crippen LogP contribution >= 0.6 is 0 Å². The lowest BCUT2D eigenvalue weighted by molar-refractivity contribution is -0.120. The molecule has 5 heteroatoms. The second-order valence-electron chi connectivity index (χ2n) is 3.02. The highest BCUT2D eigenvalue weighted by Crippen LogP contribution is 2.22. The number of ether oxygens (including phenoxy) is 1. The van der Waals surface area contributed by atoms with E-state index >= 15 is 0 Å². The van der Waals surface area contributed by atoms with Crippen LogP contribution in [0.2, 0.25) is 0 Å². The third-order valence-corrected chi connectivity index (χ3v) is 1.82. The standard InChI is InChI=1S/C10H13FN2O2/c11-8-3-1-2-7(4-5-12)10(8)15-6-9(13)14/h1-3H,4-6,12H2,(H2,13,14). The van der Waals surface area contributed by atoms with E-state index < -0.39 is 11.7 Å². The van der Waals surface area contributed by atoms with Crippen LogP contribution in [0.1, 0.15) is 5.56 Å². The lowest BCUT2D eigenvalue weighted by atomic mass is 10.1. The molecule has 0 bridgehead atoms. The molecule has 1 aromatic rings. The maximum atomic E-state index is 13.3. The van der Waals surface area contributed by atoms with Gasteiger partial charge in [0.25, 0.3) is 5.91 Å². The summed E-state index contributed by atoms with van der Waals surface area (Å²) >= 11 is 0. The van der Waals surface area contributed by atoms with Crippen LogP contribution in [0.5, 0.6) is 5.75 Å². The predicted molar refractivity (Wildman–Crippen MR) is 53.8 cm³/mol. The van der Waals surface area contributed by atoms with Crippen molar-refractivity contribution in [2.24, 2.45) is 11.5 Å². The summed E-state index contributed by atoms with van der Waals surface area (Å²) in [6, 6.07) is 4.53. The smallest absolute Gasteiger partial charge is 0.255 e. The number of carbonyl (C=O) groups is 1. The van der Waals surface area contributed by atoms with Crippen molar-refractivity contribution >= 4 is 5.91 Å². The van der Waals surface area contributed by atoms with Gasteiger partial charge in [0.05, 0.1) is 0 Å². The third-order valence-electron chi connectivity index (χ3n) is 1.82. The first-order chi connectivity index (χ1) is 7.15. The number of nitrogens with two attached hydrogens (primary N) is 2. The van der Waals surface area contributed by atoms with Crippen LogP contribution in [0.15, 0.2) is 18.2 Å². The second-order valence-corrected chi connectivity index (χ2v) is 3.02. The van der Waals surface area contributed by atoms with Crippen molar-refractivity contribution < 1.29 is 13.9 Å². The van der Waals surface area contributed by atoms with E-state index in [1.165, 1.54) is 6.07 Å². The van der Waals surface area contributed by atoms with Gasteiger partial charge in [-0.3, -0.25) is 4.79 Å². The molecule has 0 atom stereocenters. The number of halogens is 1. The molecular formula is C10H13FN2O2. The summed E-state index contributed by atoms with van der Waals surface area (Å²) < 4.78 is 18.3. The number of hydrogen-bond donors (Lipinski definition) is 2. The normalized spacial score (nSPS) is 10.0. The van der Waals surface area contributed by atoms with Gasteiger partial charge in [0.15, 0.2) is 18.2 Å². The lowest BCUT2D eigenvalue weighted by Gasteiger charge is -2.10. The van der Waals surface area contributed by atoms with Crippen molar-refractivity contribution in [3.63, 3.8) is 0 Å². The Bertz CT molecular complexity index is 355. The minimum Gasteiger partial charge on any atom is -0.480 e. The SMILES string of the molecule is NCCc1cccc(F)c1OCC(N)=O. The van der Waals surface area contributed by atoms with Gasteiger partial charge in [-0.2, -0.15) is 0 Å². The van der Waals surface area contributed by atoms with Crippen LogP contribution in [0.4, 0.5) is 4.39 Å². The molecule has 0 spiro atoms. The Morgan fingerprint density at radius 3 is 2.80 bits per heavy atom. The monoisotopic (exact) mass is 212 g/mol. The summed E-state index contributed by atoms with van der Waals surface area (Å²) in [5, 5.41) is 0. The Hall–Kier alpha value is -1.62. The Morgan fingerprint density at radius 1 is 1.47 bits per heavy atom. The average Bonchev–Trinajstić information content (AvgIpc) is 2.17. The van der Waals surface area contributed by atoms with Crippen molar-refractivity contribution in [2.75, 3.05) is 13.2 Å². The molecule has 0 aromatic heterocycles. The van der Waals surface area contributed by atoms with Crippen molar-refractivity contribution in [3.8, 4) is 5.75 Å². The minimum absolute atomic E-state index is 0.0572. The van der Waals surface area contributed by atoms with Gasteiger partial charge in [-0.15, -0.1) is 0 Å². The van der Waals surface area contributed by atoms with Crippen molar-refractivity contribution in [1.29, 1.82) is 0 Å². The van der Waals surface area contributed by atoms with E-state index in [-0.39, 0.29) is 12.4 Å². The fourth-order valence-corrected chi connectivity index (χ4v) is 1.21. The van der Waals surface area contributed by atoms with Crippen LogP contribution in [0.25, 0.3) is 0 Å². The summed E-state index contributed by atoms with van der Waals surface area (Å²) in [6.07, 6.45) is 0.492. The largest absolute Gasteiger partial charge is 0.480 e. The first-order valence-electron chi connectivity index (χ1n) is 4.53. The van der Waals surface area contributed by atoms with Gasteiger partial charge < -0.3 is 16.2 Å². The highest BCUT2D eigenvalue weighted by Gasteiger charge is 2.09. The summed E-state index contributed by atoms with van der Waals surface area (Å²) in [4.78, 5) is 10.5. The van der Waals surface area contributed by atoms with Gasteiger partial charge in [0.2, 0.25) is 0 Å². The molecule has 82 valence electrons. The Morgan fingerprint density at radius 2 is 2.20 bits per heavy atom. The molecule has 0 saturated carbocycles. The zero-order chi connectivity index (χ0) is 11.3. The van der Waals surface area contributed by atoms with Crippen LogP contribution < -0.4 is 16.2 Å². The summed E-state index contributed by atoms with van der Waals surface area (Å²) in [6.45, 7) is 0.0505. The molecule has 0 fully saturated rings. The van der Waals surface area contributed by atoms with Crippen molar-refractivity contribution in [1.82, 2.24) is 0 Å². The Labute approximate surface area is 87.0 Å². The van der Waals surface area contributed by atoms with E-state index in [2.05, 4.69) is 0 Å². The average molecular weight is 212 g/mol. The Kier molecular flexibility index (Phi) is 4.05. The second kappa shape index (κ2) is 5.31. The number of rotatable bonds is 5. The molecule has 0 saturated heterocycles. The van der Waals surface area contributed by atoms with E-state index in [1.807, 2.05) is 0 Å². The van der Waals surface area contributed by atoms with E-state index in [9.17, 15) is 9.18 Å². The lowest BCUT2D eigenvalue weighted by Crippen LogP contribution is -2.21.